The van der Waals surface area contributed by atoms with E-state index < -0.39 is 0 Å². The molecule has 0 aromatic heterocycles. The van der Waals surface area contributed by atoms with Crippen LogP contribution < -0.4 is 0 Å². The van der Waals surface area contributed by atoms with Crippen LogP contribution in [0.2, 0.25) is 5.02 Å². The molecule has 0 saturated carbocycles. The van der Waals surface area contributed by atoms with Crippen LogP contribution in [0.4, 0.5) is 0 Å². The van der Waals surface area contributed by atoms with Crippen LogP contribution in [0.5, 0.6) is 5.75 Å². The van der Waals surface area contributed by atoms with Gasteiger partial charge in [0.15, 0.2) is 0 Å². The van der Waals surface area contributed by atoms with Crippen molar-refractivity contribution in [2.45, 2.75) is 44.8 Å². The van der Waals surface area contributed by atoms with Gasteiger partial charge in [-0.05, 0) is 44.5 Å². The van der Waals surface area contributed by atoms with Crippen molar-refractivity contribution in [3.05, 3.63) is 28.8 Å². The number of hydrogen-bond acceptors (Lipinski definition) is 3. The highest BCUT2D eigenvalue weighted by molar-refractivity contribution is 6.30. The second-order valence-corrected chi connectivity index (χ2v) is 6.63. The van der Waals surface area contributed by atoms with Crippen LogP contribution in [-0.4, -0.2) is 46.6 Å². The molecule has 0 spiro atoms. The number of nitrogens with zero attached hydrogens (tertiary/aromatic N) is 2. The van der Waals surface area contributed by atoms with E-state index in [0.29, 0.717) is 22.9 Å². The summed E-state index contributed by atoms with van der Waals surface area (Å²) in [7, 11) is 0. The van der Waals surface area contributed by atoms with Crippen molar-refractivity contribution in [2.75, 3.05) is 19.6 Å². The first-order chi connectivity index (χ1) is 9.63. The topological polar surface area (TPSA) is 26.7 Å². The Labute approximate surface area is 126 Å². The molecule has 1 aromatic rings. The number of rotatable bonds is 2. The first-order valence-corrected chi connectivity index (χ1v) is 7.97. The van der Waals surface area contributed by atoms with E-state index in [4.69, 9.17) is 11.6 Å². The lowest BCUT2D eigenvalue weighted by atomic mass is 9.96. The van der Waals surface area contributed by atoms with Gasteiger partial charge in [-0.15, -0.1) is 0 Å². The molecule has 1 N–H and O–H groups in total. The molecule has 2 aliphatic heterocycles. The van der Waals surface area contributed by atoms with Gasteiger partial charge in [-0.2, -0.15) is 0 Å². The molecule has 2 fully saturated rings. The Bertz CT molecular complexity index is 480. The fourth-order valence-corrected chi connectivity index (χ4v) is 3.73. The number of hydrogen-bond donors (Lipinski definition) is 1. The third-order valence-corrected chi connectivity index (χ3v) is 4.97. The first-order valence-electron chi connectivity index (χ1n) is 7.59. The summed E-state index contributed by atoms with van der Waals surface area (Å²) in [5.41, 5.74) is 0.939. The van der Waals surface area contributed by atoms with Crippen LogP contribution in [0.1, 0.15) is 31.7 Å². The van der Waals surface area contributed by atoms with E-state index in [2.05, 4.69) is 16.7 Å². The molecule has 2 unspecified atom stereocenters. The van der Waals surface area contributed by atoms with Crippen LogP contribution in [0, 0.1) is 0 Å². The maximum absolute atomic E-state index is 9.99. The van der Waals surface area contributed by atoms with Crippen molar-refractivity contribution in [3.63, 3.8) is 0 Å². The Kier molecular flexibility index (Phi) is 4.20. The molecule has 3 rings (SSSR count). The van der Waals surface area contributed by atoms with Gasteiger partial charge in [-0.3, -0.25) is 9.80 Å². The van der Waals surface area contributed by atoms with Crippen molar-refractivity contribution < 1.29 is 5.11 Å². The summed E-state index contributed by atoms with van der Waals surface area (Å²) in [4.78, 5) is 5.13. The monoisotopic (exact) mass is 294 g/mol. The van der Waals surface area contributed by atoms with Crippen molar-refractivity contribution in [1.29, 1.82) is 0 Å². The molecule has 4 heteroatoms. The number of halogens is 1. The van der Waals surface area contributed by atoms with Gasteiger partial charge in [-0.1, -0.05) is 18.0 Å². The molecule has 2 atom stereocenters. The largest absolute Gasteiger partial charge is 0.508 e. The van der Waals surface area contributed by atoms with Crippen molar-refractivity contribution in [1.82, 2.24) is 9.80 Å². The molecule has 20 heavy (non-hydrogen) atoms. The second kappa shape index (κ2) is 5.92. The quantitative estimate of drug-likeness (QED) is 0.908. The van der Waals surface area contributed by atoms with E-state index in [1.807, 2.05) is 6.07 Å². The van der Waals surface area contributed by atoms with Gasteiger partial charge in [0.2, 0.25) is 0 Å². The third-order valence-electron chi connectivity index (χ3n) is 4.73. The van der Waals surface area contributed by atoms with Gasteiger partial charge in [0, 0.05) is 42.3 Å². The minimum Gasteiger partial charge on any atom is -0.508 e. The molecule has 0 amide bonds. The summed E-state index contributed by atoms with van der Waals surface area (Å²) in [5, 5.41) is 10.7. The Morgan fingerprint density at radius 3 is 3.00 bits per heavy atom. The maximum atomic E-state index is 9.99. The molecule has 3 nitrogen and oxygen atoms in total. The zero-order chi connectivity index (χ0) is 14.1. The number of piperidine rings is 1. The molecule has 2 heterocycles. The Hall–Kier alpha value is -0.770. The summed E-state index contributed by atoms with van der Waals surface area (Å²) in [6.45, 7) is 6.58. The first kappa shape index (κ1) is 14.2. The number of phenols is 1. The highest BCUT2D eigenvalue weighted by atomic mass is 35.5. The summed E-state index contributed by atoms with van der Waals surface area (Å²) < 4.78 is 0. The van der Waals surface area contributed by atoms with E-state index in [1.165, 1.54) is 25.8 Å². The highest BCUT2D eigenvalue weighted by Gasteiger charge is 2.32. The molecular weight excluding hydrogens is 272 g/mol. The Balaban J connectivity index is 1.71. The molecular formula is C16H23ClN2O. The van der Waals surface area contributed by atoms with Gasteiger partial charge in [0.1, 0.15) is 5.75 Å². The lowest BCUT2D eigenvalue weighted by molar-refractivity contribution is 0.0108. The van der Waals surface area contributed by atoms with Crippen molar-refractivity contribution in [3.8, 4) is 5.75 Å². The van der Waals surface area contributed by atoms with Crippen LogP contribution in [0.25, 0.3) is 0 Å². The maximum Gasteiger partial charge on any atom is 0.120 e. The average Bonchev–Trinajstić information content (AvgIpc) is 2.43. The van der Waals surface area contributed by atoms with Gasteiger partial charge < -0.3 is 5.11 Å². The smallest absolute Gasteiger partial charge is 0.120 e. The highest BCUT2D eigenvalue weighted by Crippen LogP contribution is 2.28. The van der Waals surface area contributed by atoms with E-state index in [1.54, 1.807) is 12.1 Å². The lowest BCUT2D eigenvalue weighted by Gasteiger charge is -2.47. The number of aromatic hydroxyl groups is 1. The van der Waals surface area contributed by atoms with Crippen molar-refractivity contribution >= 4 is 11.6 Å². The minimum atomic E-state index is 0.354. The summed E-state index contributed by atoms with van der Waals surface area (Å²) in [5.74, 6) is 0.354. The lowest BCUT2D eigenvalue weighted by Crippen LogP contribution is -2.58. The van der Waals surface area contributed by atoms with Gasteiger partial charge >= 0.3 is 0 Å². The SMILES string of the molecule is CC1CN2CCCCC2CN1Cc1cc(Cl)ccc1O. The molecule has 0 bridgehead atoms. The van der Waals surface area contributed by atoms with E-state index in [-0.39, 0.29) is 0 Å². The van der Waals surface area contributed by atoms with Crippen LogP contribution in [0.3, 0.4) is 0 Å². The summed E-state index contributed by atoms with van der Waals surface area (Å²) >= 11 is 6.04. The third kappa shape index (κ3) is 2.95. The molecule has 2 saturated heterocycles. The molecule has 2 aliphatic rings. The second-order valence-electron chi connectivity index (χ2n) is 6.20. The van der Waals surface area contributed by atoms with Crippen LogP contribution in [0.15, 0.2) is 18.2 Å². The van der Waals surface area contributed by atoms with Gasteiger partial charge in [0.25, 0.3) is 0 Å². The number of phenolic OH excluding ortho intramolecular Hbond substituents is 1. The standard InChI is InChI=1S/C16H23ClN2O/c1-12-9-18-7-3-2-4-15(18)11-19(12)10-13-8-14(17)5-6-16(13)20/h5-6,8,12,15,20H,2-4,7,9-11H2,1H3. The van der Waals surface area contributed by atoms with E-state index in [0.717, 1.165) is 25.2 Å². The van der Waals surface area contributed by atoms with Gasteiger partial charge in [-0.25, -0.2) is 0 Å². The van der Waals surface area contributed by atoms with Crippen LogP contribution in [-0.2, 0) is 6.54 Å². The molecule has 110 valence electrons. The predicted octanol–water partition coefficient (Wildman–Crippen LogP) is 3.10. The molecule has 0 radical (unpaired) electrons. The normalized spacial score (nSPS) is 28.3. The fourth-order valence-electron chi connectivity index (χ4n) is 3.53. The molecule has 0 aliphatic carbocycles. The average molecular weight is 295 g/mol. The summed E-state index contributed by atoms with van der Waals surface area (Å²) in [6, 6.07) is 6.54. The number of piperazine rings is 1. The van der Waals surface area contributed by atoms with Gasteiger partial charge in [0.05, 0.1) is 0 Å². The van der Waals surface area contributed by atoms with Crippen LogP contribution >= 0.6 is 11.6 Å². The Morgan fingerprint density at radius 2 is 2.15 bits per heavy atom. The zero-order valence-corrected chi connectivity index (χ0v) is 12.8. The predicted molar refractivity (Wildman–Crippen MR) is 82.2 cm³/mol. The van der Waals surface area contributed by atoms with Crippen molar-refractivity contribution in [2.24, 2.45) is 0 Å². The summed E-state index contributed by atoms with van der Waals surface area (Å²) in [6.07, 6.45) is 4.01. The zero-order valence-electron chi connectivity index (χ0n) is 12.1. The Morgan fingerprint density at radius 1 is 1.30 bits per heavy atom. The molecule has 1 aromatic carbocycles. The number of fused-ring (bicyclic) bond motifs is 1. The van der Waals surface area contributed by atoms with E-state index >= 15 is 0 Å². The minimum absolute atomic E-state index is 0.354. The number of benzene rings is 1. The fraction of sp³-hybridized carbons (Fsp3) is 0.625. The van der Waals surface area contributed by atoms with E-state index in [9.17, 15) is 5.11 Å².